The van der Waals surface area contributed by atoms with E-state index in [1.807, 2.05) is 13.2 Å². The highest BCUT2D eigenvalue weighted by Gasteiger charge is 2.23. The first-order valence-corrected chi connectivity index (χ1v) is 5.28. The maximum absolute atomic E-state index is 4.09. The Balaban J connectivity index is 2.06. The largest absolute Gasteiger partial charge is 0.347 e. The molecule has 1 fully saturated rings. The Morgan fingerprint density at radius 3 is 2.93 bits per heavy atom. The predicted molar refractivity (Wildman–Crippen MR) is 56.1 cm³/mol. The van der Waals surface area contributed by atoms with Crippen molar-refractivity contribution in [3.63, 3.8) is 0 Å². The van der Waals surface area contributed by atoms with Gasteiger partial charge >= 0.3 is 0 Å². The van der Waals surface area contributed by atoms with Crippen molar-refractivity contribution >= 4 is 0 Å². The second-order valence-corrected chi connectivity index (χ2v) is 3.82. The number of aromatic nitrogens is 2. The summed E-state index contributed by atoms with van der Waals surface area (Å²) < 4.78 is 0. The van der Waals surface area contributed by atoms with E-state index in [1.165, 1.54) is 31.6 Å². The molecular formula is C10H18N4. The second-order valence-electron chi connectivity index (χ2n) is 3.82. The maximum Gasteiger partial charge on any atom is 0.0922 e. The topological polar surface area (TPSA) is 44.0 Å². The molecule has 0 aliphatic carbocycles. The normalized spacial score (nSPS) is 20.1. The van der Waals surface area contributed by atoms with Crippen LogP contribution in [-0.4, -0.2) is 41.5 Å². The molecule has 1 atom stereocenters. The molecule has 1 aromatic heterocycles. The third-order valence-electron chi connectivity index (χ3n) is 2.86. The second kappa shape index (κ2) is 4.57. The van der Waals surface area contributed by atoms with Crippen LogP contribution >= 0.6 is 0 Å². The maximum atomic E-state index is 4.09. The molecule has 2 N–H and O–H groups in total. The van der Waals surface area contributed by atoms with Crippen LogP contribution in [0.4, 0.5) is 0 Å². The van der Waals surface area contributed by atoms with Crippen molar-refractivity contribution < 1.29 is 0 Å². The molecule has 1 saturated heterocycles. The van der Waals surface area contributed by atoms with Gasteiger partial charge in [-0.1, -0.05) is 0 Å². The van der Waals surface area contributed by atoms with Gasteiger partial charge in [0.1, 0.15) is 0 Å². The summed E-state index contributed by atoms with van der Waals surface area (Å²) in [5.74, 6) is 0. The van der Waals surface area contributed by atoms with Gasteiger partial charge in [0.2, 0.25) is 0 Å². The number of rotatable bonds is 4. The summed E-state index contributed by atoms with van der Waals surface area (Å²) in [7, 11) is 2.00. The van der Waals surface area contributed by atoms with Crippen LogP contribution in [0.1, 0.15) is 24.6 Å². The fourth-order valence-corrected chi connectivity index (χ4v) is 2.13. The molecule has 78 valence electrons. The molecule has 0 bridgehead atoms. The number of imidazole rings is 1. The van der Waals surface area contributed by atoms with Crippen molar-refractivity contribution in [3.8, 4) is 0 Å². The summed E-state index contributed by atoms with van der Waals surface area (Å²) in [6, 6.07) is 0.463. The fraction of sp³-hybridized carbons (Fsp3) is 0.700. The molecule has 1 aliphatic rings. The molecule has 1 aromatic rings. The number of hydrogen-bond acceptors (Lipinski definition) is 3. The highest BCUT2D eigenvalue weighted by atomic mass is 15.2. The van der Waals surface area contributed by atoms with E-state index in [0.29, 0.717) is 6.04 Å². The van der Waals surface area contributed by atoms with E-state index < -0.39 is 0 Å². The number of hydrogen-bond donors (Lipinski definition) is 2. The molecule has 14 heavy (non-hydrogen) atoms. The van der Waals surface area contributed by atoms with Crippen molar-refractivity contribution in [2.24, 2.45) is 0 Å². The van der Waals surface area contributed by atoms with E-state index in [-0.39, 0.29) is 0 Å². The van der Waals surface area contributed by atoms with Gasteiger partial charge in [-0.25, -0.2) is 4.98 Å². The minimum absolute atomic E-state index is 0.463. The molecule has 0 aromatic carbocycles. The summed E-state index contributed by atoms with van der Waals surface area (Å²) in [4.78, 5) is 9.81. The first-order chi connectivity index (χ1) is 6.92. The predicted octanol–water partition coefficient (Wildman–Crippen LogP) is 0.766. The minimum atomic E-state index is 0.463. The minimum Gasteiger partial charge on any atom is -0.347 e. The van der Waals surface area contributed by atoms with Gasteiger partial charge in [0, 0.05) is 12.7 Å². The SMILES string of the molecule is CNCC(c1cnc[nH]1)N1CCCC1. The van der Waals surface area contributed by atoms with Gasteiger partial charge in [-0.05, 0) is 33.0 Å². The first kappa shape index (κ1) is 9.68. The van der Waals surface area contributed by atoms with Crippen LogP contribution in [0.25, 0.3) is 0 Å². The van der Waals surface area contributed by atoms with Crippen LogP contribution in [-0.2, 0) is 0 Å². The Labute approximate surface area is 84.7 Å². The Kier molecular flexibility index (Phi) is 3.16. The average molecular weight is 194 g/mol. The molecule has 2 heterocycles. The van der Waals surface area contributed by atoms with Crippen LogP contribution in [0, 0.1) is 0 Å². The van der Waals surface area contributed by atoms with Crippen molar-refractivity contribution in [1.82, 2.24) is 20.2 Å². The van der Waals surface area contributed by atoms with Gasteiger partial charge in [-0.3, -0.25) is 4.90 Å². The van der Waals surface area contributed by atoms with Gasteiger partial charge in [-0.2, -0.15) is 0 Å². The smallest absolute Gasteiger partial charge is 0.0922 e. The number of aromatic amines is 1. The van der Waals surface area contributed by atoms with Gasteiger partial charge in [0.05, 0.1) is 18.1 Å². The highest BCUT2D eigenvalue weighted by molar-refractivity contribution is 5.04. The van der Waals surface area contributed by atoms with Crippen LogP contribution in [0.3, 0.4) is 0 Å². The average Bonchev–Trinajstić information content (AvgIpc) is 2.87. The Morgan fingerprint density at radius 1 is 1.57 bits per heavy atom. The lowest BCUT2D eigenvalue weighted by molar-refractivity contribution is 0.238. The zero-order valence-corrected chi connectivity index (χ0v) is 8.66. The highest BCUT2D eigenvalue weighted by Crippen LogP contribution is 2.22. The Hall–Kier alpha value is -0.870. The molecule has 1 aliphatic heterocycles. The summed E-state index contributed by atoms with van der Waals surface area (Å²) in [5.41, 5.74) is 1.22. The molecule has 2 rings (SSSR count). The van der Waals surface area contributed by atoms with Crippen LogP contribution in [0.15, 0.2) is 12.5 Å². The zero-order valence-electron chi connectivity index (χ0n) is 8.66. The monoisotopic (exact) mass is 194 g/mol. The lowest BCUT2D eigenvalue weighted by Crippen LogP contribution is -2.33. The van der Waals surface area contributed by atoms with Crippen LogP contribution in [0.5, 0.6) is 0 Å². The van der Waals surface area contributed by atoms with E-state index in [1.54, 1.807) is 6.33 Å². The van der Waals surface area contributed by atoms with Crippen molar-refractivity contribution in [3.05, 3.63) is 18.2 Å². The summed E-state index contributed by atoms with van der Waals surface area (Å²) >= 11 is 0. The molecule has 0 saturated carbocycles. The van der Waals surface area contributed by atoms with Crippen molar-refractivity contribution in [1.29, 1.82) is 0 Å². The summed E-state index contributed by atoms with van der Waals surface area (Å²) in [6.07, 6.45) is 6.34. The lowest BCUT2D eigenvalue weighted by atomic mass is 10.2. The number of H-pyrrole nitrogens is 1. The van der Waals surface area contributed by atoms with Crippen LogP contribution in [0.2, 0.25) is 0 Å². The summed E-state index contributed by atoms with van der Waals surface area (Å²) in [5, 5.41) is 3.24. The Morgan fingerprint density at radius 2 is 2.36 bits per heavy atom. The van der Waals surface area contributed by atoms with Gasteiger partial charge in [0.15, 0.2) is 0 Å². The van der Waals surface area contributed by atoms with E-state index in [9.17, 15) is 0 Å². The van der Waals surface area contributed by atoms with E-state index in [4.69, 9.17) is 0 Å². The van der Waals surface area contributed by atoms with E-state index >= 15 is 0 Å². The van der Waals surface area contributed by atoms with E-state index in [0.717, 1.165) is 6.54 Å². The third kappa shape index (κ3) is 1.96. The Bertz CT molecular complexity index is 251. The fourth-order valence-electron chi connectivity index (χ4n) is 2.13. The van der Waals surface area contributed by atoms with Gasteiger partial charge in [0.25, 0.3) is 0 Å². The molecule has 4 nitrogen and oxygen atoms in total. The molecule has 0 radical (unpaired) electrons. The molecule has 1 unspecified atom stereocenters. The first-order valence-electron chi connectivity index (χ1n) is 5.28. The van der Waals surface area contributed by atoms with Crippen LogP contribution < -0.4 is 5.32 Å². The summed E-state index contributed by atoms with van der Waals surface area (Å²) in [6.45, 7) is 3.42. The van der Waals surface area contributed by atoms with Crippen molar-refractivity contribution in [2.75, 3.05) is 26.7 Å². The van der Waals surface area contributed by atoms with Gasteiger partial charge < -0.3 is 10.3 Å². The number of nitrogens with one attached hydrogen (secondary N) is 2. The van der Waals surface area contributed by atoms with Gasteiger partial charge in [-0.15, -0.1) is 0 Å². The molecule has 0 spiro atoms. The molecular weight excluding hydrogens is 176 g/mol. The molecule has 4 heteroatoms. The zero-order chi connectivity index (χ0) is 9.80. The number of likely N-dealkylation sites (tertiary alicyclic amines) is 1. The van der Waals surface area contributed by atoms with Crippen molar-refractivity contribution in [2.45, 2.75) is 18.9 Å². The third-order valence-corrected chi connectivity index (χ3v) is 2.86. The number of nitrogens with zero attached hydrogens (tertiary/aromatic N) is 2. The standard InChI is InChI=1S/C10H18N4/c1-11-7-10(9-6-12-8-13-9)14-4-2-3-5-14/h6,8,10-11H,2-5,7H2,1H3,(H,12,13). The quantitative estimate of drug-likeness (QED) is 0.744. The number of likely N-dealkylation sites (N-methyl/N-ethyl adjacent to an activating group) is 1. The molecule has 0 amide bonds. The van der Waals surface area contributed by atoms with E-state index in [2.05, 4.69) is 20.2 Å². The lowest BCUT2D eigenvalue weighted by Gasteiger charge is -2.26.